The largest absolute Gasteiger partial charge is 0.434 e. The van der Waals surface area contributed by atoms with Gasteiger partial charge >= 0.3 is 6.18 Å². The van der Waals surface area contributed by atoms with E-state index >= 15 is 0 Å². The third-order valence-corrected chi connectivity index (χ3v) is 3.83. The van der Waals surface area contributed by atoms with Crippen LogP contribution in [0.25, 0.3) is 0 Å². The highest BCUT2D eigenvalue weighted by atomic mass is 32.1. The summed E-state index contributed by atoms with van der Waals surface area (Å²) in [5.74, 6) is 0. The summed E-state index contributed by atoms with van der Waals surface area (Å²) in [4.78, 5) is 15.5. The lowest BCUT2D eigenvalue weighted by Gasteiger charge is -2.09. The summed E-state index contributed by atoms with van der Waals surface area (Å²) in [6.45, 7) is 2.82. The van der Waals surface area contributed by atoms with E-state index in [-0.39, 0.29) is 22.0 Å². The fourth-order valence-electron chi connectivity index (χ4n) is 1.88. The van der Waals surface area contributed by atoms with E-state index in [4.69, 9.17) is 5.26 Å². The van der Waals surface area contributed by atoms with Gasteiger partial charge < -0.3 is 4.57 Å². The second kappa shape index (κ2) is 5.33. The molecule has 0 N–H and O–H groups in total. The summed E-state index contributed by atoms with van der Waals surface area (Å²) in [6, 6.07) is 3.30. The molecule has 0 atom stereocenters. The molecule has 2 aromatic heterocycles. The minimum Gasteiger partial charge on any atom is -0.309 e. The molecular weight excluding hydrogens is 303 g/mol. The lowest BCUT2D eigenvalue weighted by atomic mass is 10.2. The third kappa shape index (κ3) is 2.97. The van der Waals surface area contributed by atoms with E-state index in [2.05, 4.69) is 4.98 Å². The Morgan fingerprint density at radius 2 is 2.10 bits per heavy atom. The first kappa shape index (κ1) is 15.3. The van der Waals surface area contributed by atoms with E-state index in [1.54, 1.807) is 13.0 Å². The van der Waals surface area contributed by atoms with Gasteiger partial charge in [-0.3, -0.25) is 4.79 Å². The predicted molar refractivity (Wildman–Crippen MR) is 71.1 cm³/mol. The summed E-state index contributed by atoms with van der Waals surface area (Å²) in [5, 5.41) is 9.20. The molecule has 21 heavy (non-hydrogen) atoms. The molecule has 2 aromatic rings. The van der Waals surface area contributed by atoms with Gasteiger partial charge in [-0.1, -0.05) is 0 Å². The summed E-state index contributed by atoms with van der Waals surface area (Å²) >= 11 is 0.889. The van der Waals surface area contributed by atoms with Gasteiger partial charge in [0.15, 0.2) is 5.69 Å². The molecule has 0 aliphatic rings. The molecule has 0 radical (unpaired) electrons. The maximum absolute atomic E-state index is 12.9. The van der Waals surface area contributed by atoms with E-state index in [0.29, 0.717) is 5.56 Å². The fraction of sp³-hybridized carbons (Fsp3) is 0.308. The van der Waals surface area contributed by atoms with Gasteiger partial charge in [0.25, 0.3) is 5.56 Å². The molecule has 2 heterocycles. The quantitative estimate of drug-likeness (QED) is 0.856. The Hall–Kier alpha value is -2.14. The van der Waals surface area contributed by atoms with Crippen molar-refractivity contribution in [2.45, 2.75) is 26.6 Å². The number of aryl methyl sites for hydroxylation is 2. The number of rotatable bonds is 2. The SMILES string of the molecule is Cc1nc(C(F)(F)F)c(Cn2ccc(C)c(C#N)c2=O)s1. The minimum atomic E-state index is -4.56. The van der Waals surface area contributed by atoms with Gasteiger partial charge in [-0.05, 0) is 25.5 Å². The highest BCUT2D eigenvalue weighted by molar-refractivity contribution is 7.11. The van der Waals surface area contributed by atoms with Crippen LogP contribution in [0.3, 0.4) is 0 Å². The first-order valence-electron chi connectivity index (χ1n) is 5.87. The molecule has 0 unspecified atom stereocenters. The van der Waals surface area contributed by atoms with Crippen molar-refractivity contribution in [3.63, 3.8) is 0 Å². The summed E-state index contributed by atoms with van der Waals surface area (Å²) in [6.07, 6.45) is -3.18. The van der Waals surface area contributed by atoms with Crippen LogP contribution in [0.4, 0.5) is 13.2 Å². The van der Waals surface area contributed by atoms with Gasteiger partial charge in [-0.25, -0.2) is 4.98 Å². The molecule has 0 fully saturated rings. The molecule has 4 nitrogen and oxygen atoms in total. The van der Waals surface area contributed by atoms with Gasteiger partial charge in [0, 0.05) is 6.20 Å². The van der Waals surface area contributed by atoms with Crippen molar-refractivity contribution in [1.29, 1.82) is 5.26 Å². The van der Waals surface area contributed by atoms with E-state index < -0.39 is 17.4 Å². The van der Waals surface area contributed by atoms with Crippen molar-refractivity contribution in [2.75, 3.05) is 0 Å². The maximum Gasteiger partial charge on any atom is 0.434 e. The van der Waals surface area contributed by atoms with Crippen LogP contribution in [-0.2, 0) is 12.7 Å². The zero-order chi connectivity index (χ0) is 15.8. The zero-order valence-electron chi connectivity index (χ0n) is 11.2. The van der Waals surface area contributed by atoms with E-state index in [0.717, 1.165) is 15.9 Å². The number of nitriles is 1. The number of thiazole rings is 1. The Balaban J connectivity index is 2.50. The molecule has 0 amide bonds. The molecule has 8 heteroatoms. The lowest BCUT2D eigenvalue weighted by molar-refractivity contribution is -0.141. The molecule has 0 aliphatic carbocycles. The fourth-order valence-corrected chi connectivity index (χ4v) is 2.83. The van der Waals surface area contributed by atoms with Crippen molar-refractivity contribution in [1.82, 2.24) is 9.55 Å². The first-order valence-corrected chi connectivity index (χ1v) is 6.69. The molecule has 0 aromatic carbocycles. The van der Waals surface area contributed by atoms with Crippen LogP contribution in [0.15, 0.2) is 17.1 Å². The molecule has 0 bridgehead atoms. The molecule has 2 rings (SSSR count). The van der Waals surface area contributed by atoms with Crippen LogP contribution in [-0.4, -0.2) is 9.55 Å². The third-order valence-electron chi connectivity index (χ3n) is 2.87. The van der Waals surface area contributed by atoms with Gasteiger partial charge in [0.2, 0.25) is 0 Å². The van der Waals surface area contributed by atoms with Crippen molar-refractivity contribution in [2.24, 2.45) is 0 Å². The Bertz CT molecular complexity index is 783. The topological polar surface area (TPSA) is 58.7 Å². The van der Waals surface area contributed by atoms with Gasteiger partial charge in [0.1, 0.15) is 11.6 Å². The summed E-state index contributed by atoms with van der Waals surface area (Å²) in [7, 11) is 0. The zero-order valence-corrected chi connectivity index (χ0v) is 12.0. The first-order chi connectivity index (χ1) is 9.74. The second-order valence-corrected chi connectivity index (χ2v) is 5.71. The summed E-state index contributed by atoms with van der Waals surface area (Å²) < 4.78 is 39.7. The van der Waals surface area contributed by atoms with Gasteiger partial charge in [-0.2, -0.15) is 18.4 Å². The predicted octanol–water partition coefficient (Wildman–Crippen LogP) is 2.86. The van der Waals surface area contributed by atoms with Crippen LogP contribution in [0, 0.1) is 25.2 Å². The Kier molecular flexibility index (Phi) is 3.87. The Morgan fingerprint density at radius 3 is 2.67 bits per heavy atom. The van der Waals surface area contributed by atoms with Gasteiger partial charge in [0.05, 0.1) is 16.4 Å². The average Bonchev–Trinajstić information content (AvgIpc) is 2.75. The minimum absolute atomic E-state index is 0.0464. The van der Waals surface area contributed by atoms with Crippen LogP contribution >= 0.6 is 11.3 Å². The van der Waals surface area contributed by atoms with Crippen molar-refractivity contribution in [3.05, 3.63) is 49.3 Å². The number of alkyl halides is 3. The molecule has 0 aliphatic heterocycles. The van der Waals surface area contributed by atoms with Crippen LogP contribution in [0.5, 0.6) is 0 Å². The van der Waals surface area contributed by atoms with E-state index in [1.807, 2.05) is 0 Å². The molecule has 0 saturated heterocycles. The Morgan fingerprint density at radius 1 is 1.43 bits per heavy atom. The highest BCUT2D eigenvalue weighted by Gasteiger charge is 2.37. The van der Waals surface area contributed by atoms with E-state index in [1.165, 1.54) is 19.2 Å². The average molecular weight is 313 g/mol. The number of pyridine rings is 1. The maximum atomic E-state index is 12.9. The number of halogens is 3. The van der Waals surface area contributed by atoms with E-state index in [9.17, 15) is 18.0 Å². The number of aromatic nitrogens is 2. The molecular formula is C13H10F3N3OS. The molecule has 0 spiro atoms. The molecule has 110 valence electrons. The van der Waals surface area contributed by atoms with Crippen molar-refractivity contribution >= 4 is 11.3 Å². The second-order valence-electron chi connectivity index (χ2n) is 4.42. The summed E-state index contributed by atoms with van der Waals surface area (Å²) in [5.41, 5.74) is -1.14. The van der Waals surface area contributed by atoms with Crippen LogP contribution in [0.1, 0.15) is 26.7 Å². The Labute approximate surface area is 122 Å². The highest BCUT2D eigenvalue weighted by Crippen LogP contribution is 2.34. The number of nitrogens with zero attached hydrogens (tertiary/aromatic N) is 3. The normalized spacial score (nSPS) is 11.4. The smallest absolute Gasteiger partial charge is 0.309 e. The van der Waals surface area contributed by atoms with Crippen LogP contribution in [0.2, 0.25) is 0 Å². The van der Waals surface area contributed by atoms with Crippen molar-refractivity contribution in [3.8, 4) is 6.07 Å². The standard InChI is InChI=1S/C13H10F3N3OS/c1-7-3-4-19(12(20)9(7)5-17)6-10-11(13(14,15)16)18-8(2)21-10/h3-4H,6H2,1-2H3. The lowest BCUT2D eigenvalue weighted by Crippen LogP contribution is -2.24. The molecule has 0 saturated carbocycles. The van der Waals surface area contributed by atoms with Crippen molar-refractivity contribution < 1.29 is 13.2 Å². The number of hydrogen-bond donors (Lipinski definition) is 0. The monoisotopic (exact) mass is 313 g/mol. The van der Waals surface area contributed by atoms with Crippen LogP contribution < -0.4 is 5.56 Å². The number of hydrogen-bond acceptors (Lipinski definition) is 4. The van der Waals surface area contributed by atoms with Gasteiger partial charge in [-0.15, -0.1) is 11.3 Å².